The Labute approximate surface area is 264 Å². The summed E-state index contributed by atoms with van der Waals surface area (Å²) in [5, 5.41) is 14.7. The van der Waals surface area contributed by atoms with Gasteiger partial charge in [0.1, 0.15) is 17.6 Å². The van der Waals surface area contributed by atoms with Gasteiger partial charge in [-0.15, -0.1) is 0 Å². The lowest BCUT2D eigenvalue weighted by Crippen LogP contribution is -2.61. The van der Waals surface area contributed by atoms with Crippen molar-refractivity contribution in [1.82, 2.24) is 26.6 Å². The fourth-order valence-electron chi connectivity index (χ4n) is 4.59. The molecule has 44 heavy (non-hydrogen) atoms. The molecule has 1 saturated heterocycles. The van der Waals surface area contributed by atoms with Gasteiger partial charge in [0.2, 0.25) is 29.5 Å². The highest BCUT2D eigenvalue weighted by molar-refractivity contribution is 6.30. The van der Waals surface area contributed by atoms with Crippen molar-refractivity contribution in [1.29, 1.82) is 0 Å². The zero-order valence-electron chi connectivity index (χ0n) is 25.8. The molecule has 1 aromatic rings. The molecule has 2 rings (SSSR count). The molecular formula is C30H47ClN8O5. The number of guanidine groups is 1. The van der Waals surface area contributed by atoms with Crippen LogP contribution in [0.4, 0.5) is 0 Å². The molecule has 0 saturated carbocycles. The van der Waals surface area contributed by atoms with Gasteiger partial charge >= 0.3 is 0 Å². The monoisotopic (exact) mass is 634 g/mol. The lowest BCUT2D eigenvalue weighted by Gasteiger charge is -2.32. The lowest BCUT2D eigenvalue weighted by atomic mass is 9.91. The van der Waals surface area contributed by atoms with Crippen molar-refractivity contribution in [2.45, 2.75) is 89.8 Å². The Morgan fingerprint density at radius 2 is 1.64 bits per heavy atom. The van der Waals surface area contributed by atoms with Crippen LogP contribution in [0, 0.1) is 5.92 Å². The normalized spacial score (nSPS) is 23.1. The van der Waals surface area contributed by atoms with Crippen molar-refractivity contribution in [3.63, 3.8) is 0 Å². The van der Waals surface area contributed by atoms with E-state index in [1.807, 2.05) is 0 Å². The number of benzene rings is 1. The highest BCUT2D eigenvalue weighted by Crippen LogP contribution is 2.19. The standard InChI is InChI=1S/C30H47ClN8O5/c1-19(2)25(41)39-30(3)15-5-7-17-35-27(43)24(20-11-13-21(31)14-12-20)38-23(40)10-4-6-16-34-26(42)22(37-28(30)44)9-8-18-36-29(32)33/h11-14,19,22,24H,4-10,15-18H2,1-3H3,(H,34,42)(H,35,43)(H,37,44)(H,38,40)(H,39,41)(H4,32,33,36)/t22-,24+,30+/m0/s1. The van der Waals surface area contributed by atoms with Crippen LogP contribution >= 0.6 is 11.6 Å². The summed E-state index contributed by atoms with van der Waals surface area (Å²) in [5.41, 5.74) is 10.1. The van der Waals surface area contributed by atoms with Crippen molar-refractivity contribution >= 4 is 47.1 Å². The van der Waals surface area contributed by atoms with Crippen molar-refractivity contribution in [2.75, 3.05) is 19.6 Å². The highest BCUT2D eigenvalue weighted by atomic mass is 35.5. The molecule has 14 heteroatoms. The first kappa shape index (κ1) is 36.3. The zero-order chi connectivity index (χ0) is 32.7. The summed E-state index contributed by atoms with van der Waals surface area (Å²) in [4.78, 5) is 69.4. The lowest BCUT2D eigenvalue weighted by molar-refractivity contribution is -0.136. The molecule has 0 aromatic heterocycles. The van der Waals surface area contributed by atoms with Gasteiger partial charge in [-0.25, -0.2) is 0 Å². The molecule has 1 heterocycles. The smallest absolute Gasteiger partial charge is 0.247 e. The van der Waals surface area contributed by atoms with Gasteiger partial charge in [-0.1, -0.05) is 37.6 Å². The molecule has 1 aliphatic heterocycles. The summed E-state index contributed by atoms with van der Waals surface area (Å²) in [6.07, 6.45) is 3.03. The predicted octanol–water partition coefficient (Wildman–Crippen LogP) is 1.15. The van der Waals surface area contributed by atoms with E-state index >= 15 is 0 Å². The number of amides is 5. The minimum absolute atomic E-state index is 0.0670. The highest BCUT2D eigenvalue weighted by Gasteiger charge is 2.37. The second-order valence-electron chi connectivity index (χ2n) is 11.5. The van der Waals surface area contributed by atoms with Gasteiger partial charge in [0.05, 0.1) is 0 Å². The number of carbonyl (C=O) groups excluding carboxylic acids is 5. The van der Waals surface area contributed by atoms with Crippen LogP contribution in [0.15, 0.2) is 29.3 Å². The second kappa shape index (κ2) is 18.1. The molecule has 244 valence electrons. The number of aliphatic imine (C=N–C) groups is 1. The number of hydrogen-bond donors (Lipinski definition) is 7. The van der Waals surface area contributed by atoms with Gasteiger partial charge < -0.3 is 38.1 Å². The Bertz CT molecular complexity index is 1170. The summed E-state index contributed by atoms with van der Waals surface area (Å²) in [6, 6.07) is 4.87. The molecular weight excluding hydrogens is 588 g/mol. The summed E-state index contributed by atoms with van der Waals surface area (Å²) in [5.74, 6) is -2.29. The van der Waals surface area contributed by atoms with E-state index in [1.54, 1.807) is 45.0 Å². The number of halogens is 1. The molecule has 3 atom stereocenters. The van der Waals surface area contributed by atoms with Gasteiger partial charge in [0.15, 0.2) is 5.96 Å². The minimum atomic E-state index is -1.31. The minimum Gasteiger partial charge on any atom is -0.370 e. The van der Waals surface area contributed by atoms with Gasteiger partial charge in [0, 0.05) is 37.0 Å². The molecule has 0 radical (unpaired) electrons. The largest absolute Gasteiger partial charge is 0.370 e. The van der Waals surface area contributed by atoms with Crippen LogP contribution in [0.5, 0.6) is 0 Å². The maximum Gasteiger partial charge on any atom is 0.247 e. The van der Waals surface area contributed by atoms with Crippen LogP contribution in [0.2, 0.25) is 5.02 Å². The van der Waals surface area contributed by atoms with Crippen LogP contribution in [-0.4, -0.2) is 66.7 Å². The number of rotatable bonds is 7. The van der Waals surface area contributed by atoms with Crippen molar-refractivity contribution in [2.24, 2.45) is 22.4 Å². The summed E-state index contributed by atoms with van der Waals surface area (Å²) >= 11 is 6.02. The third-order valence-electron chi connectivity index (χ3n) is 7.30. The Hall–Kier alpha value is -3.87. The van der Waals surface area contributed by atoms with Gasteiger partial charge in [-0.05, 0) is 69.6 Å². The van der Waals surface area contributed by atoms with Gasteiger partial charge in [-0.3, -0.25) is 29.0 Å². The third-order valence-corrected chi connectivity index (χ3v) is 7.55. The van der Waals surface area contributed by atoms with E-state index in [0.29, 0.717) is 42.7 Å². The zero-order valence-corrected chi connectivity index (χ0v) is 26.6. The Morgan fingerprint density at radius 3 is 2.27 bits per heavy atom. The first-order valence-corrected chi connectivity index (χ1v) is 15.5. The van der Waals surface area contributed by atoms with Crippen LogP contribution in [0.25, 0.3) is 0 Å². The summed E-state index contributed by atoms with van der Waals surface area (Å²) < 4.78 is 0. The predicted molar refractivity (Wildman–Crippen MR) is 169 cm³/mol. The van der Waals surface area contributed by atoms with E-state index < -0.39 is 23.5 Å². The number of carbonyl (C=O) groups is 5. The van der Waals surface area contributed by atoms with Crippen molar-refractivity contribution in [3.8, 4) is 0 Å². The maximum atomic E-state index is 13.6. The Kier molecular flexibility index (Phi) is 14.9. The van der Waals surface area contributed by atoms with Crippen molar-refractivity contribution in [3.05, 3.63) is 34.9 Å². The average Bonchev–Trinajstić information content (AvgIpc) is 2.96. The van der Waals surface area contributed by atoms with Crippen LogP contribution < -0.4 is 38.1 Å². The summed E-state index contributed by atoms with van der Waals surface area (Å²) in [6.45, 7) is 5.92. The summed E-state index contributed by atoms with van der Waals surface area (Å²) in [7, 11) is 0. The number of nitrogens with one attached hydrogen (secondary N) is 5. The van der Waals surface area contributed by atoms with Crippen molar-refractivity contribution < 1.29 is 24.0 Å². The SMILES string of the molecule is CC(C)C(=O)N[C@]1(C)CCCCNC(=O)[C@@H](c2ccc(Cl)cc2)NC(=O)CCCCNC(=O)[C@H](CCCN=C(N)N)NC1=O. The third kappa shape index (κ3) is 12.4. The van der Waals surface area contributed by atoms with Gasteiger partial charge in [0.25, 0.3) is 0 Å². The number of nitrogens with two attached hydrogens (primary N) is 2. The number of nitrogens with zero attached hydrogens (tertiary/aromatic N) is 1. The van der Waals surface area contributed by atoms with E-state index in [2.05, 4.69) is 31.6 Å². The maximum absolute atomic E-state index is 13.6. The van der Waals surface area contributed by atoms with E-state index in [-0.39, 0.29) is 74.4 Å². The first-order chi connectivity index (χ1) is 20.8. The fourth-order valence-corrected chi connectivity index (χ4v) is 4.72. The topological polar surface area (TPSA) is 210 Å². The average molecular weight is 635 g/mol. The van der Waals surface area contributed by atoms with Crippen LogP contribution in [0.1, 0.15) is 83.7 Å². The van der Waals surface area contributed by atoms with E-state index in [0.717, 1.165) is 0 Å². The molecule has 0 bridgehead atoms. The molecule has 9 N–H and O–H groups in total. The molecule has 1 fully saturated rings. The number of hydrogen-bond acceptors (Lipinski definition) is 6. The second-order valence-corrected chi connectivity index (χ2v) is 11.9. The van der Waals surface area contributed by atoms with E-state index in [4.69, 9.17) is 23.1 Å². The molecule has 13 nitrogen and oxygen atoms in total. The molecule has 0 aliphatic carbocycles. The first-order valence-electron chi connectivity index (χ1n) is 15.1. The van der Waals surface area contributed by atoms with Gasteiger partial charge in [-0.2, -0.15) is 0 Å². The molecule has 5 amide bonds. The Balaban J connectivity index is 2.27. The molecule has 0 spiro atoms. The molecule has 1 aromatic carbocycles. The fraction of sp³-hybridized carbons (Fsp3) is 0.600. The molecule has 1 aliphatic rings. The quantitative estimate of drug-likeness (QED) is 0.132. The van der Waals surface area contributed by atoms with E-state index in [9.17, 15) is 24.0 Å². The van der Waals surface area contributed by atoms with E-state index in [1.165, 1.54) is 0 Å². The Morgan fingerprint density at radius 1 is 1.00 bits per heavy atom. The molecule has 0 unspecified atom stereocenters. The van der Waals surface area contributed by atoms with Crippen LogP contribution in [0.3, 0.4) is 0 Å². The van der Waals surface area contributed by atoms with Crippen LogP contribution in [-0.2, 0) is 24.0 Å².